The molecule has 0 aromatic heterocycles. The van der Waals surface area contributed by atoms with Crippen LogP contribution in [-0.2, 0) is 14.8 Å². The number of hydrogen-bond acceptors (Lipinski definition) is 5. The first-order valence-electron chi connectivity index (χ1n) is 5.83. The van der Waals surface area contributed by atoms with Gasteiger partial charge in [-0.1, -0.05) is 0 Å². The molecule has 0 bridgehead atoms. The Labute approximate surface area is 121 Å². The van der Waals surface area contributed by atoms with Crippen LogP contribution in [0.25, 0.3) is 0 Å². The van der Waals surface area contributed by atoms with Crippen LogP contribution in [0.1, 0.15) is 24.2 Å². The predicted octanol–water partition coefficient (Wildman–Crippen LogP) is -0.120. The second-order valence-electron chi connectivity index (χ2n) is 5.06. The number of primary amides is 1. The van der Waals surface area contributed by atoms with E-state index >= 15 is 0 Å². The van der Waals surface area contributed by atoms with Crippen LogP contribution in [0, 0.1) is 5.41 Å². The lowest BCUT2D eigenvalue weighted by atomic mass is 9.93. The zero-order valence-electron chi connectivity index (χ0n) is 11.5. The van der Waals surface area contributed by atoms with Gasteiger partial charge in [-0.2, -0.15) is 0 Å². The molecule has 8 nitrogen and oxygen atoms in total. The van der Waals surface area contributed by atoms with Crippen molar-refractivity contribution in [3.05, 3.63) is 23.8 Å². The molecule has 0 aliphatic rings. The molecule has 0 radical (unpaired) electrons. The predicted molar refractivity (Wildman–Crippen MR) is 73.2 cm³/mol. The lowest BCUT2D eigenvalue weighted by Gasteiger charge is -2.20. The molecule has 0 saturated heterocycles. The number of hydrogen-bond donors (Lipinski definition) is 4. The van der Waals surface area contributed by atoms with E-state index in [1.165, 1.54) is 13.8 Å². The smallest absolute Gasteiger partial charge is 0.339 e. The normalized spacial score (nSPS) is 12.1. The summed E-state index contributed by atoms with van der Waals surface area (Å²) >= 11 is 0. The third-order valence-electron chi connectivity index (χ3n) is 2.88. The van der Waals surface area contributed by atoms with Crippen molar-refractivity contribution in [3.63, 3.8) is 0 Å². The largest absolute Gasteiger partial charge is 0.507 e. The van der Waals surface area contributed by atoms with Crippen LogP contribution in [0.2, 0.25) is 0 Å². The molecule has 0 aliphatic carbocycles. The van der Waals surface area contributed by atoms with Gasteiger partial charge >= 0.3 is 5.97 Å². The van der Waals surface area contributed by atoms with E-state index in [9.17, 15) is 23.1 Å². The van der Waals surface area contributed by atoms with Crippen LogP contribution in [0.4, 0.5) is 0 Å². The zero-order valence-corrected chi connectivity index (χ0v) is 12.3. The molecule has 0 aliphatic heterocycles. The number of carboxylic acids is 1. The summed E-state index contributed by atoms with van der Waals surface area (Å²) in [4.78, 5) is 21.7. The van der Waals surface area contributed by atoms with Crippen LogP contribution in [0.3, 0.4) is 0 Å². The lowest BCUT2D eigenvalue weighted by molar-refractivity contribution is -0.125. The first-order valence-corrected chi connectivity index (χ1v) is 7.31. The van der Waals surface area contributed by atoms with Crippen molar-refractivity contribution in [2.75, 3.05) is 6.54 Å². The van der Waals surface area contributed by atoms with Gasteiger partial charge in [0.25, 0.3) is 0 Å². The summed E-state index contributed by atoms with van der Waals surface area (Å²) < 4.78 is 26.3. The summed E-state index contributed by atoms with van der Waals surface area (Å²) in [7, 11) is -4.03. The number of nitrogens with two attached hydrogens (primary N) is 1. The van der Waals surface area contributed by atoms with Gasteiger partial charge in [0, 0.05) is 6.54 Å². The molecule has 0 fully saturated rings. The number of aromatic hydroxyl groups is 1. The molecular weight excluding hydrogens is 300 g/mol. The fraction of sp³-hybridized carbons (Fsp3) is 0.333. The molecule has 0 spiro atoms. The second kappa shape index (κ2) is 5.70. The van der Waals surface area contributed by atoms with Gasteiger partial charge in [-0.05, 0) is 32.0 Å². The number of aromatic carboxylic acids is 1. The number of sulfonamides is 1. The van der Waals surface area contributed by atoms with E-state index < -0.39 is 38.6 Å². The van der Waals surface area contributed by atoms with Crippen molar-refractivity contribution >= 4 is 21.9 Å². The highest BCUT2D eigenvalue weighted by molar-refractivity contribution is 7.89. The summed E-state index contributed by atoms with van der Waals surface area (Å²) in [6.45, 7) is 2.70. The molecule has 0 unspecified atom stereocenters. The Hall–Kier alpha value is -2.13. The van der Waals surface area contributed by atoms with Gasteiger partial charge in [0.1, 0.15) is 11.3 Å². The van der Waals surface area contributed by atoms with Crippen molar-refractivity contribution in [3.8, 4) is 5.75 Å². The quantitative estimate of drug-likeness (QED) is 0.575. The number of phenols is 1. The summed E-state index contributed by atoms with van der Waals surface area (Å²) in [5.41, 5.74) is 3.50. The number of carbonyl (C=O) groups excluding carboxylic acids is 1. The maximum atomic E-state index is 12.0. The van der Waals surface area contributed by atoms with Crippen molar-refractivity contribution in [2.45, 2.75) is 18.7 Å². The molecular formula is C12H16N2O6S. The monoisotopic (exact) mass is 316 g/mol. The van der Waals surface area contributed by atoms with E-state index in [0.29, 0.717) is 0 Å². The summed E-state index contributed by atoms with van der Waals surface area (Å²) in [5, 5.41) is 18.2. The van der Waals surface area contributed by atoms with Crippen LogP contribution in [0.5, 0.6) is 5.75 Å². The topological polar surface area (TPSA) is 147 Å². The van der Waals surface area contributed by atoms with E-state index in [-0.39, 0.29) is 11.4 Å². The lowest BCUT2D eigenvalue weighted by Crippen LogP contribution is -2.42. The van der Waals surface area contributed by atoms with Crippen molar-refractivity contribution in [1.29, 1.82) is 0 Å². The number of amides is 1. The molecule has 0 heterocycles. The standard InChI is InChI=1S/C12H16N2O6S/c1-12(2,11(13)18)6-14-21(19,20)7-3-4-9(15)8(5-7)10(16)17/h3-5,14-15H,6H2,1-2H3,(H2,13,18)(H,16,17). The summed E-state index contributed by atoms with van der Waals surface area (Å²) in [6.07, 6.45) is 0. The number of carbonyl (C=O) groups is 2. The SMILES string of the molecule is CC(C)(CNS(=O)(=O)c1ccc(O)c(C(=O)O)c1)C(N)=O. The molecule has 116 valence electrons. The maximum Gasteiger partial charge on any atom is 0.339 e. The second-order valence-corrected chi connectivity index (χ2v) is 6.82. The molecule has 0 saturated carbocycles. The van der Waals surface area contributed by atoms with Gasteiger partial charge < -0.3 is 15.9 Å². The van der Waals surface area contributed by atoms with E-state index in [4.69, 9.17) is 10.8 Å². The van der Waals surface area contributed by atoms with Crippen molar-refractivity contribution in [1.82, 2.24) is 4.72 Å². The van der Waals surface area contributed by atoms with E-state index in [2.05, 4.69) is 4.72 Å². The van der Waals surface area contributed by atoms with Gasteiger partial charge in [-0.15, -0.1) is 0 Å². The summed E-state index contributed by atoms with van der Waals surface area (Å²) in [6, 6.07) is 2.86. The Morgan fingerprint density at radius 1 is 1.33 bits per heavy atom. The third-order valence-corrected chi connectivity index (χ3v) is 4.28. The van der Waals surface area contributed by atoms with Crippen LogP contribution < -0.4 is 10.5 Å². The Kier molecular flexibility index (Phi) is 4.59. The molecule has 21 heavy (non-hydrogen) atoms. The fourth-order valence-corrected chi connectivity index (χ4v) is 2.54. The van der Waals surface area contributed by atoms with Gasteiger partial charge in [-0.25, -0.2) is 17.9 Å². The number of nitrogens with one attached hydrogen (secondary N) is 1. The Balaban J connectivity index is 3.07. The fourth-order valence-electron chi connectivity index (χ4n) is 1.30. The zero-order chi connectivity index (χ0) is 16.4. The molecule has 0 atom stereocenters. The Morgan fingerprint density at radius 3 is 2.38 bits per heavy atom. The van der Waals surface area contributed by atoms with Crippen molar-refractivity contribution < 1.29 is 28.2 Å². The highest BCUT2D eigenvalue weighted by atomic mass is 32.2. The summed E-state index contributed by atoms with van der Waals surface area (Å²) in [5.74, 6) is -2.68. The Bertz CT molecular complexity index is 681. The molecule has 9 heteroatoms. The minimum Gasteiger partial charge on any atom is -0.507 e. The average Bonchev–Trinajstić information content (AvgIpc) is 2.36. The van der Waals surface area contributed by atoms with Gasteiger partial charge in [-0.3, -0.25) is 4.79 Å². The maximum absolute atomic E-state index is 12.0. The van der Waals surface area contributed by atoms with Crippen LogP contribution in [0.15, 0.2) is 23.1 Å². The number of carboxylic acid groups (broad SMARTS) is 1. The van der Waals surface area contributed by atoms with Crippen LogP contribution in [-0.4, -0.2) is 37.1 Å². The van der Waals surface area contributed by atoms with Gasteiger partial charge in [0.05, 0.1) is 10.3 Å². The highest BCUT2D eigenvalue weighted by Crippen LogP contribution is 2.22. The average molecular weight is 316 g/mol. The van der Waals surface area contributed by atoms with Crippen LogP contribution >= 0.6 is 0 Å². The molecule has 1 rings (SSSR count). The molecule has 5 N–H and O–H groups in total. The number of rotatable bonds is 6. The molecule has 1 aromatic rings. The first kappa shape index (κ1) is 16.9. The van der Waals surface area contributed by atoms with Crippen molar-refractivity contribution in [2.24, 2.45) is 11.1 Å². The third kappa shape index (κ3) is 3.92. The molecule has 1 aromatic carbocycles. The first-order chi connectivity index (χ1) is 9.47. The minimum atomic E-state index is -4.03. The Morgan fingerprint density at radius 2 is 1.90 bits per heavy atom. The van der Waals surface area contributed by atoms with Gasteiger partial charge in [0.15, 0.2) is 0 Å². The highest BCUT2D eigenvalue weighted by Gasteiger charge is 2.28. The van der Waals surface area contributed by atoms with E-state index in [1.54, 1.807) is 0 Å². The molecule has 1 amide bonds. The van der Waals surface area contributed by atoms with Gasteiger partial charge in [0.2, 0.25) is 15.9 Å². The van der Waals surface area contributed by atoms with E-state index in [0.717, 1.165) is 18.2 Å². The van der Waals surface area contributed by atoms with E-state index in [1.807, 2.05) is 0 Å². The minimum absolute atomic E-state index is 0.242. The number of benzene rings is 1.